The molecule has 1 saturated heterocycles. The topological polar surface area (TPSA) is 88.6 Å². The highest BCUT2D eigenvalue weighted by Crippen LogP contribution is 2.23. The van der Waals surface area contributed by atoms with E-state index >= 15 is 0 Å². The van der Waals surface area contributed by atoms with Crippen molar-refractivity contribution in [2.24, 2.45) is 0 Å². The van der Waals surface area contributed by atoms with Gasteiger partial charge in [-0.25, -0.2) is 22.9 Å². The highest BCUT2D eigenvalue weighted by molar-refractivity contribution is 9.10. The number of hydrogen-bond acceptors (Lipinski definition) is 5. The number of nitrogens with one attached hydrogen (secondary N) is 1. The number of carbonyl (C=O) groups is 1. The first-order valence-electron chi connectivity index (χ1n) is 8.21. The standard InChI is InChI=1S/C16H24BrN3O4S/c1-11(2)24-16(21)20-9-5-7-13(19-25(3,22)23)14(20)10-12-6-4-8-15(17)18-12/h4,6,8,11,13-14,19H,5,7,9-10H2,1-3H3/t13-,14-/m0/s1. The molecule has 2 rings (SSSR count). The van der Waals surface area contributed by atoms with Gasteiger partial charge < -0.3 is 9.64 Å². The van der Waals surface area contributed by atoms with E-state index in [1.165, 1.54) is 0 Å². The monoisotopic (exact) mass is 433 g/mol. The fourth-order valence-electron chi connectivity index (χ4n) is 3.00. The van der Waals surface area contributed by atoms with E-state index in [1.54, 1.807) is 18.7 Å². The Kier molecular flexibility index (Phi) is 6.81. The lowest BCUT2D eigenvalue weighted by atomic mass is 9.93. The first-order valence-corrected chi connectivity index (χ1v) is 10.9. The molecule has 0 aromatic carbocycles. The predicted octanol–water partition coefficient (Wildman–Crippen LogP) is 2.31. The number of ether oxygens (including phenoxy) is 1. The van der Waals surface area contributed by atoms with E-state index in [9.17, 15) is 13.2 Å². The van der Waals surface area contributed by atoms with E-state index in [1.807, 2.05) is 18.2 Å². The van der Waals surface area contributed by atoms with Gasteiger partial charge in [0.2, 0.25) is 10.0 Å². The minimum absolute atomic E-state index is 0.236. The van der Waals surface area contributed by atoms with E-state index < -0.39 is 16.1 Å². The van der Waals surface area contributed by atoms with E-state index in [2.05, 4.69) is 25.6 Å². The van der Waals surface area contributed by atoms with Crippen LogP contribution in [0.1, 0.15) is 32.4 Å². The molecule has 1 aromatic rings. The zero-order valence-electron chi connectivity index (χ0n) is 14.6. The van der Waals surface area contributed by atoms with Gasteiger partial charge in [-0.05, 0) is 54.8 Å². The van der Waals surface area contributed by atoms with Crippen LogP contribution in [-0.4, -0.2) is 55.4 Å². The smallest absolute Gasteiger partial charge is 0.410 e. The summed E-state index contributed by atoms with van der Waals surface area (Å²) >= 11 is 3.34. The molecule has 9 heteroatoms. The van der Waals surface area contributed by atoms with Crippen molar-refractivity contribution in [1.29, 1.82) is 0 Å². The van der Waals surface area contributed by atoms with Gasteiger partial charge in [-0.3, -0.25) is 0 Å². The van der Waals surface area contributed by atoms with Gasteiger partial charge >= 0.3 is 6.09 Å². The highest BCUT2D eigenvalue weighted by Gasteiger charge is 2.37. The summed E-state index contributed by atoms with van der Waals surface area (Å²) in [4.78, 5) is 18.5. The molecule has 0 radical (unpaired) electrons. The number of piperidine rings is 1. The van der Waals surface area contributed by atoms with Crippen molar-refractivity contribution in [3.05, 3.63) is 28.5 Å². The fourth-order valence-corrected chi connectivity index (χ4v) is 4.20. The molecule has 0 bridgehead atoms. The molecule has 0 unspecified atom stereocenters. The van der Waals surface area contributed by atoms with Crippen LogP contribution in [0.5, 0.6) is 0 Å². The molecule has 1 amide bonds. The predicted molar refractivity (Wildman–Crippen MR) is 98.8 cm³/mol. The van der Waals surface area contributed by atoms with Gasteiger partial charge in [0.25, 0.3) is 0 Å². The molecular formula is C16H24BrN3O4S. The van der Waals surface area contributed by atoms with Crippen LogP contribution in [-0.2, 0) is 21.2 Å². The average molecular weight is 434 g/mol. The van der Waals surface area contributed by atoms with Crippen molar-refractivity contribution in [2.75, 3.05) is 12.8 Å². The van der Waals surface area contributed by atoms with Crippen LogP contribution in [0, 0.1) is 0 Å². The molecule has 1 aliphatic rings. The molecule has 1 aromatic heterocycles. The minimum Gasteiger partial charge on any atom is -0.447 e. The van der Waals surface area contributed by atoms with Crippen LogP contribution in [0.2, 0.25) is 0 Å². The first-order chi connectivity index (χ1) is 11.7. The van der Waals surface area contributed by atoms with Crippen LogP contribution in [0.15, 0.2) is 22.8 Å². The second-order valence-corrected chi connectivity index (χ2v) is 9.08. The number of pyridine rings is 1. The maximum atomic E-state index is 12.5. The maximum Gasteiger partial charge on any atom is 0.410 e. The third-order valence-electron chi connectivity index (χ3n) is 3.91. The van der Waals surface area contributed by atoms with Gasteiger partial charge in [0.05, 0.1) is 18.4 Å². The Bertz CT molecular complexity index is 711. The van der Waals surface area contributed by atoms with E-state index in [-0.39, 0.29) is 18.2 Å². The number of halogens is 1. The Labute approximate surface area is 157 Å². The van der Waals surface area contributed by atoms with Crippen LogP contribution >= 0.6 is 15.9 Å². The number of nitrogens with zero attached hydrogens (tertiary/aromatic N) is 2. The van der Waals surface area contributed by atoms with Crippen molar-refractivity contribution in [2.45, 2.75) is 51.3 Å². The van der Waals surface area contributed by atoms with Crippen molar-refractivity contribution >= 4 is 32.0 Å². The third-order valence-corrected chi connectivity index (χ3v) is 5.08. The molecule has 140 valence electrons. The van der Waals surface area contributed by atoms with Crippen LogP contribution in [0.25, 0.3) is 0 Å². The summed E-state index contributed by atoms with van der Waals surface area (Å²) < 4.78 is 32.2. The number of carbonyl (C=O) groups excluding carboxylic acids is 1. The normalized spacial score (nSPS) is 21.4. The van der Waals surface area contributed by atoms with Crippen molar-refractivity contribution < 1.29 is 17.9 Å². The summed E-state index contributed by atoms with van der Waals surface area (Å²) in [6.07, 6.45) is 2.29. The average Bonchev–Trinajstić information content (AvgIpc) is 2.46. The number of sulfonamides is 1. The lowest BCUT2D eigenvalue weighted by Gasteiger charge is -2.40. The van der Waals surface area contributed by atoms with Crippen LogP contribution < -0.4 is 4.72 Å². The Morgan fingerprint density at radius 2 is 2.20 bits per heavy atom. The van der Waals surface area contributed by atoms with Gasteiger partial charge in [0.1, 0.15) is 4.60 Å². The number of aromatic nitrogens is 1. The van der Waals surface area contributed by atoms with Crippen LogP contribution in [0.4, 0.5) is 4.79 Å². The lowest BCUT2D eigenvalue weighted by molar-refractivity contribution is 0.0459. The number of likely N-dealkylation sites (tertiary alicyclic amines) is 1. The summed E-state index contributed by atoms with van der Waals surface area (Å²) in [5, 5.41) is 0. The van der Waals surface area contributed by atoms with Crippen molar-refractivity contribution in [1.82, 2.24) is 14.6 Å². The summed E-state index contributed by atoms with van der Waals surface area (Å²) in [7, 11) is -3.39. The summed E-state index contributed by atoms with van der Waals surface area (Å²) in [6, 6.07) is 4.83. The second-order valence-electron chi connectivity index (χ2n) is 6.49. The Balaban J connectivity index is 2.28. The van der Waals surface area contributed by atoms with Crippen molar-refractivity contribution in [3.8, 4) is 0 Å². The summed E-state index contributed by atoms with van der Waals surface area (Å²) in [6.45, 7) is 4.12. The molecule has 2 heterocycles. The maximum absolute atomic E-state index is 12.5. The zero-order chi connectivity index (χ0) is 18.6. The van der Waals surface area contributed by atoms with E-state index in [0.717, 1.165) is 11.9 Å². The Morgan fingerprint density at radius 1 is 1.48 bits per heavy atom. The quantitative estimate of drug-likeness (QED) is 0.719. The van der Waals surface area contributed by atoms with E-state index in [4.69, 9.17) is 4.74 Å². The molecule has 7 nitrogen and oxygen atoms in total. The molecule has 1 aliphatic heterocycles. The number of rotatable bonds is 5. The molecule has 0 aliphatic carbocycles. The first kappa shape index (κ1) is 20.1. The SMILES string of the molecule is CC(C)OC(=O)N1CCC[C@H](NS(C)(=O)=O)[C@@H]1Cc1cccc(Br)n1. The Hall–Kier alpha value is -1.19. The van der Waals surface area contributed by atoms with Gasteiger partial charge in [-0.15, -0.1) is 0 Å². The highest BCUT2D eigenvalue weighted by atomic mass is 79.9. The third kappa shape index (κ3) is 6.23. The van der Waals surface area contributed by atoms with Gasteiger partial charge in [-0.1, -0.05) is 6.07 Å². The van der Waals surface area contributed by atoms with Gasteiger partial charge in [-0.2, -0.15) is 0 Å². The fraction of sp³-hybridized carbons (Fsp3) is 0.625. The largest absolute Gasteiger partial charge is 0.447 e. The second kappa shape index (κ2) is 8.46. The summed E-state index contributed by atoms with van der Waals surface area (Å²) in [5.74, 6) is 0. The zero-order valence-corrected chi connectivity index (χ0v) is 17.0. The Morgan fingerprint density at radius 3 is 2.80 bits per heavy atom. The molecule has 25 heavy (non-hydrogen) atoms. The lowest BCUT2D eigenvalue weighted by Crippen LogP contribution is -2.58. The van der Waals surface area contributed by atoms with Gasteiger partial charge in [0.15, 0.2) is 0 Å². The molecule has 0 saturated carbocycles. The van der Waals surface area contributed by atoms with E-state index in [0.29, 0.717) is 30.4 Å². The van der Waals surface area contributed by atoms with Gasteiger partial charge in [0, 0.05) is 24.7 Å². The molecule has 2 atom stereocenters. The van der Waals surface area contributed by atoms with Crippen LogP contribution in [0.3, 0.4) is 0 Å². The van der Waals surface area contributed by atoms with Crippen molar-refractivity contribution in [3.63, 3.8) is 0 Å². The molecule has 0 spiro atoms. The summed E-state index contributed by atoms with van der Waals surface area (Å²) in [5.41, 5.74) is 0.781. The number of amides is 1. The number of hydrogen-bond donors (Lipinski definition) is 1. The molecule has 1 N–H and O–H groups in total. The molecule has 1 fully saturated rings. The molecular weight excluding hydrogens is 410 g/mol. The minimum atomic E-state index is -3.39.